The second-order valence-electron chi connectivity index (χ2n) is 9.03. The number of aromatic nitrogens is 2. The lowest BCUT2D eigenvalue weighted by atomic mass is 10.1. The molecule has 1 fully saturated rings. The molecule has 1 saturated heterocycles. The number of nitrogens with one attached hydrogen (secondary N) is 1. The van der Waals surface area contributed by atoms with E-state index in [4.69, 9.17) is 9.47 Å². The molecule has 4 bridgehead atoms. The molecule has 2 amide bonds. The van der Waals surface area contributed by atoms with E-state index >= 15 is 0 Å². The average molecular weight is 540 g/mol. The quantitative estimate of drug-likeness (QED) is 0.535. The second kappa shape index (κ2) is 10.5. The number of methoxy groups -OCH3 is 1. The Morgan fingerprint density at radius 2 is 1.92 bits per heavy atom. The molecule has 5 rings (SSSR count). The number of sulfonamides is 1. The zero-order chi connectivity index (χ0) is 26.9. The molecule has 0 radical (unpaired) electrons. The Balaban J connectivity index is 1.51. The Morgan fingerprint density at radius 1 is 1.13 bits per heavy atom. The summed E-state index contributed by atoms with van der Waals surface area (Å²) in [7, 11) is -1.77. The van der Waals surface area contributed by atoms with Crippen LogP contribution in [0, 0.1) is 0 Å². The normalized spacial score (nSPS) is 16.3. The van der Waals surface area contributed by atoms with Gasteiger partial charge in [-0.2, -0.15) is 4.31 Å². The second-order valence-corrected chi connectivity index (χ2v) is 11.3. The van der Waals surface area contributed by atoms with Gasteiger partial charge in [0.25, 0.3) is 11.8 Å². The van der Waals surface area contributed by atoms with Gasteiger partial charge >= 0.3 is 0 Å². The summed E-state index contributed by atoms with van der Waals surface area (Å²) in [5.74, 6) is 1.06. The number of carbonyl (C=O) groups excluding carboxylic acids is 2. The number of rotatable bonds is 4. The number of hydrogen-bond acceptors (Lipinski definition) is 7. The molecule has 12 heteroatoms. The third-order valence-electron chi connectivity index (χ3n) is 6.70. The van der Waals surface area contributed by atoms with E-state index in [2.05, 4.69) is 10.3 Å². The summed E-state index contributed by atoms with van der Waals surface area (Å²) in [5.41, 5.74) is 2.63. The Labute approximate surface area is 221 Å². The van der Waals surface area contributed by atoms with Gasteiger partial charge in [0.05, 0.1) is 12.9 Å². The highest BCUT2D eigenvalue weighted by atomic mass is 32.2. The van der Waals surface area contributed by atoms with Crippen LogP contribution in [0.25, 0.3) is 17.1 Å². The topological polar surface area (TPSA) is 123 Å². The summed E-state index contributed by atoms with van der Waals surface area (Å²) >= 11 is 0. The fourth-order valence-corrected chi connectivity index (χ4v) is 5.71. The summed E-state index contributed by atoms with van der Waals surface area (Å²) in [6.07, 6.45) is 3.48. The standard InChI is InChI=1S/C26H29N5O6S/c1-3-38(34,35)30-10-8-29(9-11-30)26(33)20-12-18-13-21(14-20)31-7-6-27-25(31)19-4-5-22(36-2)23(15-19)37-17-24(32)28-16-18/h4-7,12-15H,3,8-11,16-17H2,1-2H3,(H,28,32). The zero-order valence-corrected chi connectivity index (χ0v) is 22.0. The van der Waals surface area contributed by atoms with Crippen LogP contribution in [-0.2, 0) is 21.4 Å². The summed E-state index contributed by atoms with van der Waals surface area (Å²) in [4.78, 5) is 32.3. The fourth-order valence-electron chi connectivity index (χ4n) is 4.62. The maximum Gasteiger partial charge on any atom is 0.258 e. The molecule has 1 aromatic heterocycles. The Kier molecular flexibility index (Phi) is 7.09. The van der Waals surface area contributed by atoms with Crippen molar-refractivity contribution in [1.29, 1.82) is 0 Å². The first-order valence-corrected chi connectivity index (χ1v) is 13.9. The highest BCUT2D eigenvalue weighted by Crippen LogP contribution is 2.33. The fraction of sp³-hybridized carbons (Fsp3) is 0.346. The lowest BCUT2D eigenvalue weighted by Crippen LogP contribution is -2.50. The molecule has 2 aromatic carbocycles. The van der Waals surface area contributed by atoms with Crippen LogP contribution in [-0.4, -0.2) is 84.6 Å². The van der Waals surface area contributed by atoms with E-state index in [1.807, 2.05) is 16.7 Å². The lowest BCUT2D eigenvalue weighted by Gasteiger charge is -2.34. The SMILES string of the molecule is CCS(=O)(=O)N1CCN(C(=O)c2cc3cc(c2)-n2ccnc2-c2ccc(OC)c(c2)OCC(=O)NC3)CC1. The molecule has 0 atom stereocenters. The Morgan fingerprint density at radius 3 is 2.66 bits per heavy atom. The molecule has 38 heavy (non-hydrogen) atoms. The lowest BCUT2D eigenvalue weighted by molar-refractivity contribution is -0.123. The van der Waals surface area contributed by atoms with Crippen LogP contribution in [0.15, 0.2) is 48.8 Å². The number of nitrogens with zero attached hydrogens (tertiary/aromatic N) is 4. The van der Waals surface area contributed by atoms with Crippen LogP contribution < -0.4 is 14.8 Å². The molecular formula is C26H29N5O6S. The molecule has 11 nitrogen and oxygen atoms in total. The molecule has 2 aliphatic heterocycles. The molecule has 0 saturated carbocycles. The monoisotopic (exact) mass is 539 g/mol. The first-order valence-electron chi connectivity index (χ1n) is 12.3. The van der Waals surface area contributed by atoms with Crippen molar-refractivity contribution in [2.75, 3.05) is 45.6 Å². The molecule has 200 valence electrons. The molecule has 0 spiro atoms. The van der Waals surface area contributed by atoms with Gasteiger partial charge in [-0.25, -0.2) is 13.4 Å². The van der Waals surface area contributed by atoms with Crippen molar-refractivity contribution in [3.05, 3.63) is 59.9 Å². The maximum atomic E-state index is 13.5. The van der Waals surface area contributed by atoms with Crippen LogP contribution in [0.2, 0.25) is 0 Å². The molecule has 3 heterocycles. The highest BCUT2D eigenvalue weighted by Gasteiger charge is 2.28. The number of amides is 2. The smallest absolute Gasteiger partial charge is 0.258 e. The summed E-state index contributed by atoms with van der Waals surface area (Å²) < 4.78 is 38.9. The Hall–Kier alpha value is -3.90. The van der Waals surface area contributed by atoms with Crippen molar-refractivity contribution < 1.29 is 27.5 Å². The van der Waals surface area contributed by atoms with Crippen molar-refractivity contribution in [3.63, 3.8) is 0 Å². The summed E-state index contributed by atoms with van der Waals surface area (Å²) in [5, 5.41) is 2.84. The minimum Gasteiger partial charge on any atom is -0.493 e. The minimum absolute atomic E-state index is 0.0338. The first-order chi connectivity index (χ1) is 18.3. The average Bonchev–Trinajstić information content (AvgIpc) is 3.44. The predicted molar refractivity (Wildman–Crippen MR) is 140 cm³/mol. The first kappa shape index (κ1) is 25.7. The number of ether oxygens (including phenoxy) is 2. The van der Waals surface area contributed by atoms with E-state index in [0.29, 0.717) is 41.7 Å². The number of imidazole rings is 1. The predicted octanol–water partition coefficient (Wildman–Crippen LogP) is 1.66. The molecular weight excluding hydrogens is 510 g/mol. The Bertz CT molecular complexity index is 1480. The molecule has 0 unspecified atom stereocenters. The van der Waals surface area contributed by atoms with Gasteiger partial charge in [-0.15, -0.1) is 0 Å². The van der Waals surface area contributed by atoms with Crippen LogP contribution in [0.3, 0.4) is 0 Å². The van der Waals surface area contributed by atoms with Gasteiger partial charge in [0.15, 0.2) is 18.1 Å². The van der Waals surface area contributed by atoms with Crippen LogP contribution in [0.4, 0.5) is 0 Å². The number of benzene rings is 2. The van der Waals surface area contributed by atoms with Gasteiger partial charge in [0, 0.05) is 61.9 Å². The van der Waals surface area contributed by atoms with Crippen molar-refractivity contribution in [2.24, 2.45) is 0 Å². The summed E-state index contributed by atoms with van der Waals surface area (Å²) in [6, 6.07) is 10.8. The highest BCUT2D eigenvalue weighted by molar-refractivity contribution is 7.89. The number of piperazine rings is 1. The van der Waals surface area contributed by atoms with Crippen molar-refractivity contribution in [1.82, 2.24) is 24.1 Å². The van der Waals surface area contributed by atoms with E-state index in [0.717, 1.165) is 11.1 Å². The molecule has 1 N–H and O–H groups in total. The van der Waals surface area contributed by atoms with Gasteiger partial charge in [-0.3, -0.25) is 14.2 Å². The van der Waals surface area contributed by atoms with Crippen molar-refractivity contribution >= 4 is 21.8 Å². The molecule has 3 aromatic rings. The van der Waals surface area contributed by atoms with Gasteiger partial charge in [0.2, 0.25) is 10.0 Å². The van der Waals surface area contributed by atoms with E-state index in [1.165, 1.54) is 11.4 Å². The maximum absolute atomic E-state index is 13.5. The molecule has 2 aliphatic rings. The van der Waals surface area contributed by atoms with Gasteiger partial charge in [0.1, 0.15) is 5.82 Å². The largest absolute Gasteiger partial charge is 0.493 e. The van der Waals surface area contributed by atoms with Gasteiger partial charge < -0.3 is 19.7 Å². The van der Waals surface area contributed by atoms with E-state index in [1.54, 1.807) is 48.5 Å². The van der Waals surface area contributed by atoms with Gasteiger partial charge in [-0.05, 0) is 48.9 Å². The van der Waals surface area contributed by atoms with Crippen LogP contribution in [0.5, 0.6) is 11.5 Å². The number of hydrogen-bond donors (Lipinski definition) is 1. The number of carbonyl (C=O) groups is 2. The van der Waals surface area contributed by atoms with Crippen molar-refractivity contribution in [2.45, 2.75) is 13.5 Å². The van der Waals surface area contributed by atoms with Crippen molar-refractivity contribution in [3.8, 4) is 28.6 Å². The van der Waals surface area contributed by atoms with Gasteiger partial charge in [-0.1, -0.05) is 0 Å². The van der Waals surface area contributed by atoms with E-state index in [-0.39, 0.29) is 43.8 Å². The third-order valence-corrected chi connectivity index (χ3v) is 8.58. The zero-order valence-electron chi connectivity index (χ0n) is 21.2. The molecule has 0 aliphatic carbocycles. The number of fused-ring (bicyclic) bond motifs is 7. The van der Waals surface area contributed by atoms with E-state index in [9.17, 15) is 18.0 Å². The summed E-state index contributed by atoms with van der Waals surface area (Å²) in [6.45, 7) is 2.73. The third kappa shape index (κ3) is 5.09. The van der Waals surface area contributed by atoms with Crippen LogP contribution >= 0.6 is 0 Å². The minimum atomic E-state index is -3.30. The van der Waals surface area contributed by atoms with E-state index < -0.39 is 10.0 Å². The van der Waals surface area contributed by atoms with Crippen LogP contribution in [0.1, 0.15) is 22.8 Å².